The molecule has 0 radical (unpaired) electrons. The first-order chi connectivity index (χ1) is 14.5. The fourth-order valence-electron chi connectivity index (χ4n) is 3.52. The summed E-state index contributed by atoms with van der Waals surface area (Å²) >= 11 is 1.39. The smallest absolute Gasteiger partial charge is 0.265 e. The Labute approximate surface area is 178 Å². The number of rotatable bonds is 4. The molecule has 2 aromatic carbocycles. The normalized spacial score (nSPS) is 14.1. The molecule has 0 atom stereocenters. The molecular formula is C23H22FN3O2S. The maximum atomic E-state index is 13.1. The number of hydrogen-bond donors (Lipinski definition) is 0. The molecule has 0 aliphatic carbocycles. The molecule has 3 aromatic rings. The van der Waals surface area contributed by atoms with Crippen LogP contribution in [0.3, 0.4) is 0 Å². The summed E-state index contributed by atoms with van der Waals surface area (Å²) in [6.45, 7) is 3.87. The lowest BCUT2D eigenvalue weighted by atomic mass is 10.1. The molecule has 0 bridgehead atoms. The van der Waals surface area contributed by atoms with Crippen molar-refractivity contribution in [3.8, 4) is 0 Å². The monoisotopic (exact) mass is 423 g/mol. The van der Waals surface area contributed by atoms with Crippen LogP contribution in [0.25, 0.3) is 0 Å². The van der Waals surface area contributed by atoms with Crippen LogP contribution in [0, 0.1) is 12.7 Å². The number of halogens is 1. The van der Waals surface area contributed by atoms with Crippen LogP contribution in [0.15, 0.2) is 54.6 Å². The molecule has 0 saturated carbocycles. The highest BCUT2D eigenvalue weighted by Gasteiger charge is 2.27. The first kappa shape index (κ1) is 20.2. The van der Waals surface area contributed by atoms with Crippen molar-refractivity contribution in [1.29, 1.82) is 0 Å². The van der Waals surface area contributed by atoms with E-state index in [1.165, 1.54) is 23.5 Å². The van der Waals surface area contributed by atoms with Crippen LogP contribution in [-0.2, 0) is 6.42 Å². The fraction of sp³-hybridized carbons (Fsp3) is 0.261. The average Bonchev–Trinajstić information content (AvgIpc) is 3.15. The molecule has 4 rings (SSSR count). The van der Waals surface area contributed by atoms with Crippen LogP contribution in [0.4, 0.5) is 4.39 Å². The van der Waals surface area contributed by atoms with E-state index in [2.05, 4.69) is 4.98 Å². The summed E-state index contributed by atoms with van der Waals surface area (Å²) in [6.07, 6.45) is 0.568. The number of aryl methyl sites for hydroxylation is 1. The van der Waals surface area contributed by atoms with E-state index in [0.29, 0.717) is 48.7 Å². The minimum absolute atomic E-state index is 0.00162. The van der Waals surface area contributed by atoms with Crippen LogP contribution in [0.5, 0.6) is 0 Å². The molecule has 1 aliphatic heterocycles. The predicted octanol–water partition coefficient (Wildman–Crippen LogP) is 3.78. The highest BCUT2D eigenvalue weighted by molar-refractivity contribution is 7.13. The van der Waals surface area contributed by atoms with Crippen molar-refractivity contribution in [1.82, 2.24) is 14.8 Å². The summed E-state index contributed by atoms with van der Waals surface area (Å²) in [5.74, 6) is -0.310. The van der Waals surface area contributed by atoms with Crippen molar-refractivity contribution in [2.75, 3.05) is 26.2 Å². The van der Waals surface area contributed by atoms with Gasteiger partial charge in [0.25, 0.3) is 11.8 Å². The van der Waals surface area contributed by atoms with Gasteiger partial charge in [0.15, 0.2) is 0 Å². The SMILES string of the molecule is Cc1nc(Cc2ccc(F)cc2)sc1C(=O)N1CCN(C(=O)c2ccccc2)CC1. The van der Waals surface area contributed by atoms with Gasteiger partial charge < -0.3 is 9.80 Å². The Kier molecular flexibility index (Phi) is 5.90. The Morgan fingerprint density at radius 1 is 0.933 bits per heavy atom. The largest absolute Gasteiger partial charge is 0.335 e. The molecule has 0 N–H and O–H groups in total. The zero-order chi connectivity index (χ0) is 21.1. The third-order valence-corrected chi connectivity index (χ3v) is 6.32. The second-order valence-electron chi connectivity index (χ2n) is 7.28. The molecule has 0 spiro atoms. The number of carbonyl (C=O) groups excluding carboxylic acids is 2. The lowest BCUT2D eigenvalue weighted by Crippen LogP contribution is -2.50. The maximum absolute atomic E-state index is 13.1. The van der Waals surface area contributed by atoms with E-state index < -0.39 is 0 Å². The molecule has 7 heteroatoms. The molecular weight excluding hydrogens is 401 g/mol. The standard InChI is InChI=1S/C23H22FN3O2S/c1-16-21(30-20(25-16)15-17-7-9-19(24)10-8-17)23(29)27-13-11-26(12-14-27)22(28)18-5-3-2-4-6-18/h2-10H,11-15H2,1H3. The summed E-state index contributed by atoms with van der Waals surface area (Å²) in [5.41, 5.74) is 2.34. The second-order valence-corrected chi connectivity index (χ2v) is 8.36. The van der Waals surface area contributed by atoms with Crippen molar-refractivity contribution in [2.45, 2.75) is 13.3 Å². The third kappa shape index (κ3) is 4.41. The summed E-state index contributed by atoms with van der Waals surface area (Å²) in [7, 11) is 0. The zero-order valence-corrected chi connectivity index (χ0v) is 17.5. The quantitative estimate of drug-likeness (QED) is 0.642. The Hall–Kier alpha value is -3.06. The summed E-state index contributed by atoms with van der Waals surface area (Å²) < 4.78 is 13.1. The molecule has 5 nitrogen and oxygen atoms in total. The van der Waals surface area contributed by atoms with Crippen molar-refractivity contribution < 1.29 is 14.0 Å². The second kappa shape index (κ2) is 8.75. The number of hydrogen-bond acceptors (Lipinski definition) is 4. The summed E-state index contributed by atoms with van der Waals surface area (Å²) in [6, 6.07) is 15.5. The number of aromatic nitrogens is 1. The number of carbonyl (C=O) groups is 2. The molecule has 0 unspecified atom stereocenters. The van der Waals surface area contributed by atoms with E-state index in [-0.39, 0.29) is 17.6 Å². The van der Waals surface area contributed by atoms with E-state index in [0.717, 1.165) is 10.6 Å². The predicted molar refractivity (Wildman–Crippen MR) is 114 cm³/mol. The number of piperazine rings is 1. The number of benzene rings is 2. The Morgan fingerprint density at radius 3 is 2.17 bits per heavy atom. The number of amides is 2. The van der Waals surface area contributed by atoms with Crippen LogP contribution in [0.2, 0.25) is 0 Å². The van der Waals surface area contributed by atoms with Crippen LogP contribution in [-0.4, -0.2) is 52.8 Å². The van der Waals surface area contributed by atoms with E-state index >= 15 is 0 Å². The Bertz CT molecular complexity index is 1040. The first-order valence-electron chi connectivity index (χ1n) is 9.85. The lowest BCUT2D eigenvalue weighted by Gasteiger charge is -2.34. The highest BCUT2D eigenvalue weighted by atomic mass is 32.1. The van der Waals surface area contributed by atoms with Gasteiger partial charge in [-0.1, -0.05) is 30.3 Å². The van der Waals surface area contributed by atoms with Crippen molar-refractivity contribution in [2.24, 2.45) is 0 Å². The Morgan fingerprint density at radius 2 is 1.53 bits per heavy atom. The van der Waals surface area contributed by atoms with Crippen molar-refractivity contribution in [3.05, 3.63) is 87.1 Å². The molecule has 1 fully saturated rings. The first-order valence-corrected chi connectivity index (χ1v) is 10.7. The molecule has 1 aliphatic rings. The van der Waals surface area contributed by atoms with Gasteiger partial charge in [0, 0.05) is 38.2 Å². The van der Waals surface area contributed by atoms with Crippen LogP contribution in [0.1, 0.15) is 36.3 Å². The van der Waals surface area contributed by atoms with Gasteiger partial charge in [0.05, 0.1) is 10.7 Å². The summed E-state index contributed by atoms with van der Waals surface area (Å²) in [4.78, 5) is 34.4. The average molecular weight is 424 g/mol. The number of nitrogens with zero attached hydrogens (tertiary/aromatic N) is 3. The molecule has 1 aromatic heterocycles. The van der Waals surface area contributed by atoms with Crippen molar-refractivity contribution >= 4 is 23.2 Å². The molecule has 1 saturated heterocycles. The molecule has 30 heavy (non-hydrogen) atoms. The van der Waals surface area contributed by atoms with Gasteiger partial charge in [-0.25, -0.2) is 9.37 Å². The minimum atomic E-state index is -0.269. The van der Waals surface area contributed by atoms with E-state index in [1.807, 2.05) is 37.3 Å². The fourth-order valence-corrected chi connectivity index (χ4v) is 4.59. The highest BCUT2D eigenvalue weighted by Crippen LogP contribution is 2.23. The maximum Gasteiger partial charge on any atom is 0.265 e. The summed E-state index contributed by atoms with van der Waals surface area (Å²) in [5, 5.41) is 0.834. The van der Waals surface area contributed by atoms with E-state index in [9.17, 15) is 14.0 Å². The molecule has 2 heterocycles. The van der Waals surface area contributed by atoms with Crippen molar-refractivity contribution in [3.63, 3.8) is 0 Å². The van der Waals surface area contributed by atoms with Crippen LogP contribution >= 0.6 is 11.3 Å². The van der Waals surface area contributed by atoms with Gasteiger partial charge in [-0.05, 0) is 36.8 Å². The molecule has 154 valence electrons. The van der Waals surface area contributed by atoms with Gasteiger partial charge >= 0.3 is 0 Å². The topological polar surface area (TPSA) is 53.5 Å². The van der Waals surface area contributed by atoms with Crippen LogP contribution < -0.4 is 0 Å². The number of thiazole rings is 1. The van der Waals surface area contributed by atoms with Gasteiger partial charge in [-0.2, -0.15) is 0 Å². The van der Waals surface area contributed by atoms with E-state index in [1.54, 1.807) is 21.9 Å². The Balaban J connectivity index is 1.39. The van der Waals surface area contributed by atoms with E-state index in [4.69, 9.17) is 0 Å². The van der Waals surface area contributed by atoms with Gasteiger partial charge in [-0.3, -0.25) is 9.59 Å². The molecule has 2 amide bonds. The third-order valence-electron chi connectivity index (χ3n) is 5.18. The van der Waals surface area contributed by atoms with Gasteiger partial charge in [-0.15, -0.1) is 11.3 Å². The zero-order valence-electron chi connectivity index (χ0n) is 16.7. The van der Waals surface area contributed by atoms with Gasteiger partial charge in [0.1, 0.15) is 10.7 Å². The minimum Gasteiger partial charge on any atom is -0.335 e. The lowest BCUT2D eigenvalue weighted by molar-refractivity contribution is 0.0537. The van der Waals surface area contributed by atoms with Gasteiger partial charge in [0.2, 0.25) is 0 Å².